The maximum Gasteiger partial charge on any atom is 0.260 e. The summed E-state index contributed by atoms with van der Waals surface area (Å²) in [5.74, 6) is 0.920. The third kappa shape index (κ3) is 2.42. The van der Waals surface area contributed by atoms with Crippen LogP contribution in [0, 0.1) is 6.92 Å². The van der Waals surface area contributed by atoms with E-state index in [2.05, 4.69) is 15.6 Å². The molecule has 0 bridgehead atoms. The number of hydrogen-bond donors (Lipinski definition) is 2. The van der Waals surface area contributed by atoms with Crippen LogP contribution in [0.5, 0.6) is 5.75 Å². The summed E-state index contributed by atoms with van der Waals surface area (Å²) < 4.78 is 5.59. The minimum atomic E-state index is -0.219. The van der Waals surface area contributed by atoms with E-state index in [0.29, 0.717) is 23.7 Å². The van der Waals surface area contributed by atoms with E-state index in [-0.39, 0.29) is 5.91 Å². The molecule has 1 aromatic heterocycles. The number of pyridine rings is 1. The Hall–Kier alpha value is -2.56. The fourth-order valence-electron chi connectivity index (χ4n) is 2.15. The lowest BCUT2D eigenvalue weighted by molar-refractivity contribution is 0.102. The molecule has 0 spiro atoms. The summed E-state index contributed by atoms with van der Waals surface area (Å²) in [5.41, 5.74) is 2.22. The van der Waals surface area contributed by atoms with Crippen LogP contribution in [0.2, 0.25) is 0 Å². The topological polar surface area (TPSA) is 63.2 Å². The van der Waals surface area contributed by atoms with Crippen molar-refractivity contribution in [3.63, 3.8) is 0 Å². The van der Waals surface area contributed by atoms with Crippen molar-refractivity contribution in [1.29, 1.82) is 0 Å². The smallest absolute Gasteiger partial charge is 0.260 e. The Morgan fingerprint density at radius 1 is 1.30 bits per heavy atom. The largest absolute Gasteiger partial charge is 0.489 e. The molecule has 102 valence electrons. The Bertz CT molecular complexity index is 655. The van der Waals surface area contributed by atoms with Gasteiger partial charge in [0, 0.05) is 12.2 Å². The van der Waals surface area contributed by atoms with E-state index in [1.165, 1.54) is 0 Å². The number of rotatable bonds is 2. The fourth-order valence-corrected chi connectivity index (χ4v) is 2.15. The molecule has 5 nitrogen and oxygen atoms in total. The van der Waals surface area contributed by atoms with Gasteiger partial charge in [-0.15, -0.1) is 0 Å². The van der Waals surface area contributed by atoms with Crippen molar-refractivity contribution in [2.45, 2.75) is 6.92 Å². The maximum absolute atomic E-state index is 12.3. The Labute approximate surface area is 117 Å². The van der Waals surface area contributed by atoms with E-state index in [0.717, 1.165) is 17.9 Å². The van der Waals surface area contributed by atoms with E-state index < -0.39 is 0 Å². The predicted octanol–water partition coefficient (Wildman–Crippen LogP) is 2.45. The van der Waals surface area contributed by atoms with E-state index >= 15 is 0 Å². The van der Waals surface area contributed by atoms with E-state index in [1.54, 1.807) is 12.1 Å². The van der Waals surface area contributed by atoms with Crippen molar-refractivity contribution in [2.24, 2.45) is 0 Å². The van der Waals surface area contributed by atoms with Crippen LogP contribution in [0.15, 0.2) is 36.4 Å². The highest BCUT2D eigenvalue weighted by Gasteiger charge is 2.19. The van der Waals surface area contributed by atoms with Crippen LogP contribution in [0.1, 0.15) is 16.1 Å². The number of carbonyl (C=O) groups is 1. The number of aromatic nitrogens is 1. The van der Waals surface area contributed by atoms with Crippen LogP contribution in [-0.2, 0) is 0 Å². The molecule has 1 amide bonds. The number of nitrogens with one attached hydrogen (secondary N) is 2. The summed E-state index contributed by atoms with van der Waals surface area (Å²) in [4.78, 5) is 16.6. The second-order valence-corrected chi connectivity index (χ2v) is 4.58. The lowest BCUT2D eigenvalue weighted by Gasteiger charge is -2.21. The number of benzene rings is 1. The van der Waals surface area contributed by atoms with Crippen LogP contribution >= 0.6 is 0 Å². The van der Waals surface area contributed by atoms with Gasteiger partial charge in [0.1, 0.15) is 12.4 Å². The van der Waals surface area contributed by atoms with Gasteiger partial charge in [0.15, 0.2) is 5.75 Å². The molecular formula is C15H15N3O2. The average molecular weight is 269 g/mol. The number of amides is 1. The highest BCUT2D eigenvalue weighted by Crippen LogP contribution is 2.31. The Morgan fingerprint density at radius 3 is 3.00 bits per heavy atom. The molecule has 2 aromatic rings. The molecule has 0 radical (unpaired) electrons. The lowest BCUT2D eigenvalue weighted by atomic mass is 10.1. The summed E-state index contributed by atoms with van der Waals surface area (Å²) in [6, 6.07) is 11.0. The second kappa shape index (κ2) is 5.21. The van der Waals surface area contributed by atoms with Crippen LogP contribution in [-0.4, -0.2) is 24.0 Å². The first-order valence-electron chi connectivity index (χ1n) is 6.49. The van der Waals surface area contributed by atoms with Crippen LogP contribution < -0.4 is 15.4 Å². The third-order valence-electron chi connectivity index (χ3n) is 3.05. The van der Waals surface area contributed by atoms with Gasteiger partial charge < -0.3 is 15.4 Å². The van der Waals surface area contributed by atoms with Crippen molar-refractivity contribution in [1.82, 2.24) is 4.98 Å². The SMILES string of the molecule is Cc1cccc(NC(=O)c2cccc3c2OCCN3)n1. The molecule has 0 atom stereocenters. The molecule has 0 saturated heterocycles. The zero-order valence-electron chi connectivity index (χ0n) is 11.1. The Balaban J connectivity index is 1.88. The third-order valence-corrected chi connectivity index (χ3v) is 3.05. The van der Waals surface area contributed by atoms with E-state index in [4.69, 9.17) is 4.74 Å². The molecule has 0 aliphatic carbocycles. The molecule has 2 N–H and O–H groups in total. The summed E-state index contributed by atoms with van der Waals surface area (Å²) >= 11 is 0. The molecule has 1 aliphatic heterocycles. The predicted molar refractivity (Wildman–Crippen MR) is 77.4 cm³/mol. The van der Waals surface area contributed by atoms with Crippen LogP contribution in [0.3, 0.4) is 0 Å². The first-order valence-corrected chi connectivity index (χ1v) is 6.49. The molecule has 0 saturated carbocycles. The lowest BCUT2D eigenvalue weighted by Crippen LogP contribution is -2.22. The van der Waals surface area contributed by atoms with Crippen molar-refractivity contribution in [2.75, 3.05) is 23.8 Å². The molecule has 1 aliphatic rings. The quantitative estimate of drug-likeness (QED) is 0.879. The molecule has 2 heterocycles. The summed E-state index contributed by atoms with van der Waals surface area (Å²) in [6.45, 7) is 3.19. The van der Waals surface area contributed by atoms with Gasteiger partial charge in [-0.2, -0.15) is 0 Å². The van der Waals surface area contributed by atoms with Crippen molar-refractivity contribution in [3.05, 3.63) is 47.7 Å². The number of fused-ring (bicyclic) bond motifs is 1. The number of ether oxygens (including phenoxy) is 1. The van der Waals surface area contributed by atoms with Gasteiger partial charge in [-0.25, -0.2) is 4.98 Å². The van der Waals surface area contributed by atoms with Gasteiger partial charge in [-0.1, -0.05) is 12.1 Å². The van der Waals surface area contributed by atoms with Gasteiger partial charge in [-0.3, -0.25) is 4.79 Å². The van der Waals surface area contributed by atoms with Crippen LogP contribution in [0.4, 0.5) is 11.5 Å². The number of hydrogen-bond acceptors (Lipinski definition) is 4. The highest BCUT2D eigenvalue weighted by atomic mass is 16.5. The van der Waals surface area contributed by atoms with Gasteiger partial charge in [0.2, 0.25) is 0 Å². The average Bonchev–Trinajstić information content (AvgIpc) is 2.46. The van der Waals surface area contributed by atoms with Crippen molar-refractivity contribution < 1.29 is 9.53 Å². The monoisotopic (exact) mass is 269 g/mol. The summed E-state index contributed by atoms with van der Waals surface area (Å²) in [7, 11) is 0. The molecule has 5 heteroatoms. The standard InChI is InChI=1S/C15H15N3O2/c1-10-4-2-7-13(17-10)18-15(19)11-5-3-6-12-14(11)20-9-8-16-12/h2-7,16H,8-9H2,1H3,(H,17,18,19). The summed E-state index contributed by atoms with van der Waals surface area (Å²) in [6.07, 6.45) is 0. The summed E-state index contributed by atoms with van der Waals surface area (Å²) in [5, 5.41) is 6.00. The van der Waals surface area contributed by atoms with Crippen LogP contribution in [0.25, 0.3) is 0 Å². The number of para-hydroxylation sites is 1. The highest BCUT2D eigenvalue weighted by molar-refractivity contribution is 6.07. The maximum atomic E-state index is 12.3. The van der Waals surface area contributed by atoms with Crippen molar-refractivity contribution >= 4 is 17.4 Å². The van der Waals surface area contributed by atoms with Gasteiger partial charge in [0.25, 0.3) is 5.91 Å². The number of nitrogens with zero attached hydrogens (tertiary/aromatic N) is 1. The first-order chi connectivity index (χ1) is 9.74. The fraction of sp³-hybridized carbons (Fsp3) is 0.200. The molecule has 0 fully saturated rings. The second-order valence-electron chi connectivity index (χ2n) is 4.58. The van der Waals surface area contributed by atoms with E-state index in [1.807, 2.05) is 31.2 Å². The van der Waals surface area contributed by atoms with Gasteiger partial charge in [-0.05, 0) is 31.2 Å². The zero-order chi connectivity index (χ0) is 13.9. The molecule has 20 heavy (non-hydrogen) atoms. The van der Waals surface area contributed by atoms with Gasteiger partial charge >= 0.3 is 0 Å². The van der Waals surface area contributed by atoms with Gasteiger partial charge in [0.05, 0.1) is 11.3 Å². The minimum absolute atomic E-state index is 0.219. The molecule has 1 aromatic carbocycles. The minimum Gasteiger partial charge on any atom is -0.489 e. The number of aryl methyl sites for hydroxylation is 1. The zero-order valence-corrected chi connectivity index (χ0v) is 11.1. The normalized spacial score (nSPS) is 12.8. The molecule has 0 unspecified atom stereocenters. The first kappa shape index (κ1) is 12.5. The van der Waals surface area contributed by atoms with Crippen molar-refractivity contribution in [3.8, 4) is 5.75 Å². The molecule has 3 rings (SSSR count). The number of carbonyl (C=O) groups excluding carboxylic acids is 1. The molecular weight excluding hydrogens is 254 g/mol. The Morgan fingerprint density at radius 2 is 2.15 bits per heavy atom. The Kier molecular flexibility index (Phi) is 3.25. The number of anilines is 2. The van der Waals surface area contributed by atoms with E-state index in [9.17, 15) is 4.79 Å².